The average Bonchev–Trinajstić information content (AvgIpc) is 2.76. The van der Waals surface area contributed by atoms with Crippen molar-refractivity contribution in [1.29, 1.82) is 0 Å². The number of hydrogen-bond acceptors (Lipinski definition) is 3. The number of amides is 2. The first kappa shape index (κ1) is 20.0. The van der Waals surface area contributed by atoms with E-state index in [-0.39, 0.29) is 24.1 Å². The lowest BCUT2D eigenvalue weighted by molar-refractivity contribution is -0.172. The Kier molecular flexibility index (Phi) is 4.98. The van der Waals surface area contributed by atoms with E-state index < -0.39 is 11.5 Å². The lowest BCUT2D eigenvalue weighted by atomic mass is 9.65. The van der Waals surface area contributed by atoms with E-state index in [9.17, 15) is 9.59 Å². The highest BCUT2D eigenvalue weighted by atomic mass is 16.6. The second-order valence-electron chi connectivity index (χ2n) is 8.67. The fourth-order valence-corrected chi connectivity index (χ4v) is 4.10. The van der Waals surface area contributed by atoms with Gasteiger partial charge in [-0.15, -0.1) is 0 Å². The summed E-state index contributed by atoms with van der Waals surface area (Å²) in [5, 5.41) is 0. The summed E-state index contributed by atoms with van der Waals surface area (Å²) in [6.45, 7) is 6.32. The second-order valence-corrected chi connectivity index (χ2v) is 8.67. The average molecular weight is 402 g/mol. The van der Waals surface area contributed by atoms with Crippen molar-refractivity contribution in [3.8, 4) is 0 Å². The van der Waals surface area contributed by atoms with Gasteiger partial charge in [-0.3, -0.25) is 9.69 Å². The molecule has 0 bridgehead atoms. The van der Waals surface area contributed by atoms with E-state index in [4.69, 9.17) is 4.74 Å². The van der Waals surface area contributed by atoms with Gasteiger partial charge in [-0.1, -0.05) is 60.7 Å². The summed E-state index contributed by atoms with van der Waals surface area (Å²) < 4.78 is 5.39. The number of benzene rings is 2. The molecule has 5 heteroatoms. The van der Waals surface area contributed by atoms with Crippen molar-refractivity contribution in [2.24, 2.45) is 5.41 Å². The molecule has 2 aromatic carbocycles. The topological polar surface area (TPSA) is 49.9 Å². The van der Waals surface area contributed by atoms with Crippen LogP contribution in [-0.2, 0) is 16.1 Å². The van der Waals surface area contributed by atoms with E-state index in [0.29, 0.717) is 0 Å². The lowest BCUT2D eigenvalue weighted by Gasteiger charge is -2.59. The molecule has 1 fully saturated rings. The molecular weight excluding hydrogens is 376 g/mol. The first-order valence-corrected chi connectivity index (χ1v) is 10.1. The van der Waals surface area contributed by atoms with Gasteiger partial charge in [-0.2, -0.15) is 0 Å². The van der Waals surface area contributed by atoms with Crippen molar-refractivity contribution in [2.45, 2.75) is 39.0 Å². The highest BCUT2D eigenvalue weighted by Crippen LogP contribution is 2.56. The van der Waals surface area contributed by atoms with E-state index in [2.05, 4.69) is 0 Å². The maximum atomic E-state index is 13.2. The van der Waals surface area contributed by atoms with Gasteiger partial charge in [0.05, 0.1) is 6.04 Å². The molecule has 0 aromatic heterocycles. The molecule has 2 aromatic rings. The Bertz CT molecular complexity index is 976. The fraction of sp³-hybridized carbons (Fsp3) is 0.280. The lowest BCUT2D eigenvalue weighted by Crippen LogP contribution is -2.67. The van der Waals surface area contributed by atoms with Crippen molar-refractivity contribution >= 4 is 12.0 Å². The molecule has 2 aliphatic rings. The highest BCUT2D eigenvalue weighted by Gasteiger charge is 2.61. The Labute approximate surface area is 177 Å². The van der Waals surface area contributed by atoms with Crippen LogP contribution in [0.15, 0.2) is 85.2 Å². The smallest absolute Gasteiger partial charge is 0.418 e. The van der Waals surface area contributed by atoms with Crippen molar-refractivity contribution < 1.29 is 14.3 Å². The zero-order valence-corrected chi connectivity index (χ0v) is 17.5. The van der Waals surface area contributed by atoms with Crippen LogP contribution in [-0.4, -0.2) is 27.3 Å². The van der Waals surface area contributed by atoms with Crippen LogP contribution in [0.1, 0.15) is 37.9 Å². The predicted octanol–water partition coefficient (Wildman–Crippen LogP) is 5.03. The van der Waals surface area contributed by atoms with E-state index in [1.165, 1.54) is 4.90 Å². The van der Waals surface area contributed by atoms with Crippen LogP contribution in [0.3, 0.4) is 0 Å². The largest absolute Gasteiger partial charge is 0.444 e. The van der Waals surface area contributed by atoms with Crippen molar-refractivity contribution in [1.82, 2.24) is 9.80 Å². The van der Waals surface area contributed by atoms with Crippen molar-refractivity contribution in [2.75, 3.05) is 0 Å². The third kappa shape index (κ3) is 3.41. The number of rotatable bonds is 3. The van der Waals surface area contributed by atoms with Gasteiger partial charge in [0.15, 0.2) is 0 Å². The van der Waals surface area contributed by atoms with Crippen LogP contribution in [0.5, 0.6) is 0 Å². The SMILES string of the molecule is CC(C)(C)N1C(=O)C2(C=CN(C(=O)OCc3ccccc3)C=C2)C1c1ccccc1. The Morgan fingerprint density at radius 2 is 1.53 bits per heavy atom. The summed E-state index contributed by atoms with van der Waals surface area (Å²) in [4.78, 5) is 29.0. The third-order valence-corrected chi connectivity index (χ3v) is 5.58. The number of hydrogen-bond donors (Lipinski definition) is 0. The molecule has 2 amide bonds. The van der Waals surface area contributed by atoms with Gasteiger partial charge < -0.3 is 9.64 Å². The molecule has 30 heavy (non-hydrogen) atoms. The number of nitrogens with zero attached hydrogens (tertiary/aromatic N) is 2. The Morgan fingerprint density at radius 1 is 0.967 bits per heavy atom. The van der Waals surface area contributed by atoms with Crippen LogP contribution >= 0.6 is 0 Å². The molecule has 154 valence electrons. The predicted molar refractivity (Wildman–Crippen MR) is 115 cm³/mol. The molecule has 0 saturated carbocycles. The second kappa shape index (κ2) is 7.48. The number of carbonyl (C=O) groups excluding carboxylic acids is 2. The number of β-lactam (4-membered cyclic amide) rings is 1. The van der Waals surface area contributed by atoms with Gasteiger partial charge in [0.25, 0.3) is 0 Å². The molecule has 2 aliphatic heterocycles. The monoisotopic (exact) mass is 402 g/mol. The fourth-order valence-electron chi connectivity index (χ4n) is 4.10. The maximum absolute atomic E-state index is 13.2. The van der Waals surface area contributed by atoms with Crippen LogP contribution in [0.25, 0.3) is 0 Å². The Morgan fingerprint density at radius 3 is 2.10 bits per heavy atom. The minimum Gasteiger partial charge on any atom is -0.444 e. The van der Waals surface area contributed by atoms with Gasteiger partial charge in [0.2, 0.25) is 5.91 Å². The van der Waals surface area contributed by atoms with Gasteiger partial charge >= 0.3 is 6.09 Å². The number of likely N-dealkylation sites (tertiary alicyclic amines) is 1. The first-order valence-electron chi connectivity index (χ1n) is 10.1. The van der Waals surface area contributed by atoms with Crippen LogP contribution in [0.2, 0.25) is 0 Å². The summed E-state index contributed by atoms with van der Waals surface area (Å²) in [6, 6.07) is 19.4. The summed E-state index contributed by atoms with van der Waals surface area (Å²) in [5.74, 6) is 0.0358. The number of carbonyl (C=O) groups is 2. The molecule has 2 heterocycles. The third-order valence-electron chi connectivity index (χ3n) is 5.58. The molecule has 0 aliphatic carbocycles. The van der Waals surface area contributed by atoms with Crippen LogP contribution < -0.4 is 0 Å². The molecule has 5 nitrogen and oxygen atoms in total. The standard InChI is InChI=1S/C25H26N2O3/c1-24(2,3)27-21(20-12-8-5-9-13-20)25(22(27)28)14-16-26(17-15-25)23(29)30-18-19-10-6-4-7-11-19/h4-17,21H,18H2,1-3H3. The number of ether oxygens (including phenoxy) is 1. The minimum absolute atomic E-state index is 0.0358. The van der Waals surface area contributed by atoms with Crippen LogP contribution in [0.4, 0.5) is 4.79 Å². The van der Waals surface area contributed by atoms with Gasteiger partial charge in [0, 0.05) is 17.9 Å². The molecule has 0 N–H and O–H groups in total. The van der Waals surface area contributed by atoms with E-state index in [1.807, 2.05) is 98.5 Å². The summed E-state index contributed by atoms with van der Waals surface area (Å²) in [7, 11) is 0. The quantitative estimate of drug-likeness (QED) is 0.676. The molecule has 4 rings (SSSR count). The molecular formula is C25H26N2O3. The zero-order valence-electron chi connectivity index (χ0n) is 17.5. The molecule has 1 atom stereocenters. The summed E-state index contributed by atoms with van der Waals surface area (Å²) in [6.07, 6.45) is 6.44. The van der Waals surface area contributed by atoms with Gasteiger partial charge in [-0.05, 0) is 44.1 Å². The molecule has 1 spiro atoms. The van der Waals surface area contributed by atoms with E-state index in [0.717, 1.165) is 11.1 Å². The molecule has 1 unspecified atom stereocenters. The van der Waals surface area contributed by atoms with E-state index in [1.54, 1.807) is 12.4 Å². The Hall–Kier alpha value is -3.34. The normalized spacial score (nSPS) is 19.7. The minimum atomic E-state index is -0.787. The van der Waals surface area contributed by atoms with Gasteiger partial charge in [-0.25, -0.2) is 4.79 Å². The molecule has 1 saturated heterocycles. The maximum Gasteiger partial charge on any atom is 0.418 e. The zero-order chi connectivity index (χ0) is 21.4. The van der Waals surface area contributed by atoms with E-state index >= 15 is 0 Å². The first-order chi connectivity index (χ1) is 14.3. The van der Waals surface area contributed by atoms with Gasteiger partial charge in [0.1, 0.15) is 12.0 Å². The Balaban J connectivity index is 1.53. The summed E-state index contributed by atoms with van der Waals surface area (Å²) in [5.41, 5.74) is 0.897. The molecule has 0 radical (unpaired) electrons. The summed E-state index contributed by atoms with van der Waals surface area (Å²) >= 11 is 0. The van der Waals surface area contributed by atoms with Crippen LogP contribution in [0, 0.1) is 5.41 Å². The van der Waals surface area contributed by atoms with Crippen molar-refractivity contribution in [3.63, 3.8) is 0 Å². The van der Waals surface area contributed by atoms with Crippen molar-refractivity contribution in [3.05, 3.63) is 96.3 Å². The highest BCUT2D eigenvalue weighted by molar-refractivity contribution is 5.96.